The Morgan fingerprint density at radius 3 is 2.28 bits per heavy atom. The van der Waals surface area contributed by atoms with Crippen molar-refractivity contribution >= 4 is 28.6 Å². The maximum atomic E-state index is 12.9. The van der Waals surface area contributed by atoms with Crippen molar-refractivity contribution in [2.45, 2.75) is 12.5 Å². The molecule has 0 saturated heterocycles. The molecule has 4 rings (SSSR count). The predicted molar refractivity (Wildman–Crippen MR) is 88.2 cm³/mol. The Kier molecular flexibility index (Phi) is 3.35. The summed E-state index contributed by atoms with van der Waals surface area (Å²) in [5.74, 6) is -2.44. The van der Waals surface area contributed by atoms with Crippen LogP contribution in [0.4, 0.5) is 0 Å². The number of aliphatic carboxylic acids is 1. The van der Waals surface area contributed by atoms with Gasteiger partial charge in [0, 0.05) is 34.8 Å². The minimum atomic E-state index is -1.32. The van der Waals surface area contributed by atoms with Crippen molar-refractivity contribution in [1.82, 2.24) is 14.9 Å². The molecule has 0 spiro atoms. The van der Waals surface area contributed by atoms with Crippen LogP contribution in [0.15, 0.2) is 48.9 Å². The van der Waals surface area contributed by atoms with Gasteiger partial charge >= 0.3 is 5.97 Å². The Labute approximate surface area is 141 Å². The minimum absolute atomic E-state index is 0.0367. The summed E-state index contributed by atoms with van der Waals surface area (Å²) in [6, 6.07) is 8.99. The third kappa shape index (κ3) is 2.28. The number of carbonyl (C=O) groups excluding carboxylic acids is 2. The number of nitrogens with zero attached hydrogens (tertiary/aromatic N) is 2. The highest BCUT2D eigenvalue weighted by Crippen LogP contribution is 2.31. The van der Waals surface area contributed by atoms with E-state index < -0.39 is 23.8 Å². The molecule has 1 atom stereocenters. The van der Waals surface area contributed by atoms with Gasteiger partial charge in [0.1, 0.15) is 6.04 Å². The van der Waals surface area contributed by atoms with Gasteiger partial charge in [-0.25, -0.2) is 9.78 Å². The molecule has 124 valence electrons. The van der Waals surface area contributed by atoms with Gasteiger partial charge in [-0.1, -0.05) is 24.3 Å². The predicted octanol–water partition coefficient (Wildman–Crippen LogP) is 1.85. The quantitative estimate of drug-likeness (QED) is 0.708. The monoisotopic (exact) mass is 335 g/mol. The highest BCUT2D eigenvalue weighted by molar-refractivity contribution is 6.26. The number of carbonyl (C=O) groups is 3. The number of amides is 2. The topological polar surface area (TPSA) is 103 Å². The molecule has 1 aliphatic rings. The molecule has 3 aromatic rings. The number of carboxylic acids is 1. The van der Waals surface area contributed by atoms with Gasteiger partial charge in [-0.05, 0) is 17.5 Å². The minimum Gasteiger partial charge on any atom is -0.480 e. The van der Waals surface area contributed by atoms with Crippen molar-refractivity contribution in [3.8, 4) is 0 Å². The summed E-state index contributed by atoms with van der Waals surface area (Å²) in [6.45, 7) is 0. The molecule has 1 unspecified atom stereocenters. The summed E-state index contributed by atoms with van der Waals surface area (Å²) in [5.41, 5.74) is 1.21. The molecule has 2 aromatic carbocycles. The lowest BCUT2D eigenvalue weighted by Crippen LogP contribution is -2.51. The maximum absolute atomic E-state index is 12.9. The van der Waals surface area contributed by atoms with E-state index in [1.165, 1.54) is 12.5 Å². The number of H-pyrrole nitrogens is 1. The molecule has 2 amide bonds. The normalized spacial score (nSPS) is 14.8. The van der Waals surface area contributed by atoms with E-state index in [-0.39, 0.29) is 6.42 Å². The fourth-order valence-electron chi connectivity index (χ4n) is 3.23. The van der Waals surface area contributed by atoms with Crippen LogP contribution < -0.4 is 0 Å². The molecule has 7 heteroatoms. The first-order chi connectivity index (χ1) is 12.1. The molecule has 0 fully saturated rings. The molecule has 0 saturated carbocycles. The van der Waals surface area contributed by atoms with E-state index in [1.54, 1.807) is 24.3 Å². The zero-order valence-electron chi connectivity index (χ0n) is 13.0. The number of benzene rings is 2. The molecule has 0 aliphatic carbocycles. The Morgan fingerprint density at radius 2 is 1.76 bits per heavy atom. The SMILES string of the molecule is O=C(O)C(Cc1cnc[nH]1)N1C(=O)c2cccc3cccc(c23)C1=O. The number of rotatable bonds is 4. The number of aromatic amines is 1. The number of nitrogens with one attached hydrogen (secondary N) is 1. The average Bonchev–Trinajstić information content (AvgIpc) is 3.12. The largest absolute Gasteiger partial charge is 0.480 e. The van der Waals surface area contributed by atoms with E-state index in [0.29, 0.717) is 22.2 Å². The molecule has 2 N–H and O–H groups in total. The van der Waals surface area contributed by atoms with E-state index in [2.05, 4.69) is 9.97 Å². The number of carboxylic acid groups (broad SMARTS) is 1. The van der Waals surface area contributed by atoms with Gasteiger partial charge in [-0.3, -0.25) is 14.5 Å². The molecular formula is C18H13N3O4. The van der Waals surface area contributed by atoms with Gasteiger partial charge in [0.15, 0.2) is 0 Å². The highest BCUT2D eigenvalue weighted by Gasteiger charge is 2.40. The zero-order valence-corrected chi connectivity index (χ0v) is 13.0. The molecule has 1 aromatic heterocycles. The molecule has 0 bridgehead atoms. The second-order valence-electron chi connectivity index (χ2n) is 5.82. The van der Waals surface area contributed by atoms with E-state index >= 15 is 0 Å². The van der Waals surface area contributed by atoms with Crippen LogP contribution in [0.1, 0.15) is 26.4 Å². The fraction of sp³-hybridized carbons (Fsp3) is 0.111. The second-order valence-corrected chi connectivity index (χ2v) is 5.82. The Morgan fingerprint density at radius 1 is 1.12 bits per heavy atom. The van der Waals surface area contributed by atoms with Crippen LogP contribution in [0.25, 0.3) is 10.8 Å². The van der Waals surface area contributed by atoms with Crippen LogP contribution in [0.5, 0.6) is 0 Å². The molecular weight excluding hydrogens is 322 g/mol. The van der Waals surface area contributed by atoms with E-state index in [0.717, 1.165) is 10.3 Å². The summed E-state index contributed by atoms with van der Waals surface area (Å²) in [4.78, 5) is 45.1. The van der Waals surface area contributed by atoms with Crippen molar-refractivity contribution in [3.63, 3.8) is 0 Å². The molecule has 1 aliphatic heterocycles. The number of aromatic nitrogens is 2. The third-order valence-corrected chi connectivity index (χ3v) is 4.37. The number of imide groups is 1. The van der Waals surface area contributed by atoms with Crippen molar-refractivity contribution in [1.29, 1.82) is 0 Å². The van der Waals surface area contributed by atoms with Gasteiger partial charge < -0.3 is 10.1 Å². The summed E-state index contributed by atoms with van der Waals surface area (Å²) >= 11 is 0. The summed E-state index contributed by atoms with van der Waals surface area (Å²) in [6.07, 6.45) is 2.86. The van der Waals surface area contributed by atoms with Crippen LogP contribution in [-0.4, -0.2) is 43.8 Å². The second kappa shape index (κ2) is 5.55. The first kappa shape index (κ1) is 15.1. The van der Waals surface area contributed by atoms with Crippen LogP contribution in [-0.2, 0) is 11.2 Å². The van der Waals surface area contributed by atoms with Crippen LogP contribution in [0.2, 0.25) is 0 Å². The Hall–Kier alpha value is -3.48. The Balaban J connectivity index is 1.84. The lowest BCUT2D eigenvalue weighted by Gasteiger charge is -2.31. The molecule has 7 nitrogen and oxygen atoms in total. The summed E-state index contributed by atoms with van der Waals surface area (Å²) < 4.78 is 0. The van der Waals surface area contributed by atoms with Crippen LogP contribution in [0, 0.1) is 0 Å². The zero-order chi connectivity index (χ0) is 17.6. The number of imidazole rings is 1. The molecule has 25 heavy (non-hydrogen) atoms. The summed E-state index contributed by atoms with van der Waals surface area (Å²) in [5, 5.41) is 11.0. The van der Waals surface area contributed by atoms with Gasteiger partial charge in [0.2, 0.25) is 0 Å². The third-order valence-electron chi connectivity index (χ3n) is 4.37. The average molecular weight is 335 g/mol. The molecule has 0 radical (unpaired) electrons. The van der Waals surface area contributed by atoms with Gasteiger partial charge in [-0.15, -0.1) is 0 Å². The van der Waals surface area contributed by atoms with Crippen LogP contribution in [0.3, 0.4) is 0 Å². The maximum Gasteiger partial charge on any atom is 0.327 e. The van der Waals surface area contributed by atoms with Gasteiger partial charge in [0.25, 0.3) is 11.8 Å². The van der Waals surface area contributed by atoms with Crippen LogP contribution >= 0.6 is 0 Å². The van der Waals surface area contributed by atoms with E-state index in [9.17, 15) is 19.5 Å². The van der Waals surface area contributed by atoms with Crippen molar-refractivity contribution < 1.29 is 19.5 Å². The van der Waals surface area contributed by atoms with Gasteiger partial charge in [-0.2, -0.15) is 0 Å². The smallest absolute Gasteiger partial charge is 0.327 e. The number of hydrogen-bond acceptors (Lipinski definition) is 4. The van der Waals surface area contributed by atoms with E-state index in [1.807, 2.05) is 12.1 Å². The standard InChI is InChI=1S/C18H13N3O4/c22-16-12-5-1-3-10-4-2-6-13(15(10)12)17(23)21(16)14(18(24)25)7-11-8-19-9-20-11/h1-6,8-9,14H,7H2,(H,19,20)(H,24,25). The fourth-order valence-corrected chi connectivity index (χ4v) is 3.23. The number of hydrogen-bond donors (Lipinski definition) is 2. The van der Waals surface area contributed by atoms with Gasteiger partial charge in [0.05, 0.1) is 6.33 Å². The lowest BCUT2D eigenvalue weighted by atomic mass is 9.92. The molecule has 2 heterocycles. The van der Waals surface area contributed by atoms with Crippen molar-refractivity contribution in [2.75, 3.05) is 0 Å². The highest BCUT2D eigenvalue weighted by atomic mass is 16.4. The summed E-state index contributed by atoms with van der Waals surface area (Å²) in [7, 11) is 0. The van der Waals surface area contributed by atoms with E-state index in [4.69, 9.17) is 0 Å². The lowest BCUT2D eigenvalue weighted by molar-refractivity contribution is -0.141. The van der Waals surface area contributed by atoms with Crippen molar-refractivity contribution in [2.24, 2.45) is 0 Å². The van der Waals surface area contributed by atoms with Crippen molar-refractivity contribution in [3.05, 3.63) is 65.7 Å². The first-order valence-electron chi connectivity index (χ1n) is 7.67. The Bertz CT molecular complexity index is 960. The first-order valence-corrected chi connectivity index (χ1v) is 7.67.